The number of amidine groups is 2. The SMILES string of the molecule is CCC(C)c1ccc(OCCn2cc(/C=C3/C(=N)N4N=C(c5ccccc5Cl)SC4=NC3=O)c3ccccc32)cc1. The fourth-order valence-corrected chi connectivity index (χ4v) is 6.07. The van der Waals surface area contributed by atoms with Gasteiger partial charge in [0, 0.05) is 28.2 Å². The molecule has 1 N–H and O–H groups in total. The van der Waals surface area contributed by atoms with Gasteiger partial charge in [-0.05, 0) is 60.0 Å². The van der Waals surface area contributed by atoms with Gasteiger partial charge in [0.05, 0.1) is 17.1 Å². The summed E-state index contributed by atoms with van der Waals surface area (Å²) in [6, 6.07) is 23.7. The van der Waals surface area contributed by atoms with Crippen molar-refractivity contribution >= 4 is 62.3 Å². The number of aliphatic imine (C=N–C) groups is 1. The maximum absolute atomic E-state index is 13.1. The molecule has 1 aromatic heterocycles. The highest BCUT2D eigenvalue weighted by Gasteiger charge is 2.36. The minimum absolute atomic E-state index is 0.0180. The number of nitrogens with one attached hydrogen (secondary N) is 1. The smallest absolute Gasteiger partial charge is 0.283 e. The molecule has 7 nitrogen and oxygen atoms in total. The lowest BCUT2D eigenvalue weighted by Crippen LogP contribution is -2.35. The standard InChI is InChI=1S/C32H28ClN5O2S/c1-3-20(2)21-12-14-23(15-13-21)40-17-16-37-19-22(24-8-5-7-11-28(24)37)18-26-29(34)38-32(35-30(26)39)41-31(36-38)25-9-4-6-10-27(25)33/h4-15,18-20,34H,3,16-17H2,1-2H3/b26-18-,34-29?. The van der Waals surface area contributed by atoms with E-state index >= 15 is 0 Å². The molecule has 6 rings (SSSR count). The van der Waals surface area contributed by atoms with Crippen LogP contribution in [-0.4, -0.2) is 38.1 Å². The summed E-state index contributed by atoms with van der Waals surface area (Å²) in [6.45, 7) is 5.53. The summed E-state index contributed by atoms with van der Waals surface area (Å²) in [5.41, 5.74) is 4.07. The summed E-state index contributed by atoms with van der Waals surface area (Å²) < 4.78 is 8.16. The zero-order valence-corrected chi connectivity index (χ0v) is 24.2. The second-order valence-corrected chi connectivity index (χ2v) is 11.3. The number of benzene rings is 3. The van der Waals surface area contributed by atoms with Crippen molar-refractivity contribution in [2.24, 2.45) is 10.1 Å². The highest BCUT2D eigenvalue weighted by molar-refractivity contribution is 8.27. The molecule has 3 heterocycles. The van der Waals surface area contributed by atoms with E-state index in [2.05, 4.69) is 40.6 Å². The topological polar surface area (TPSA) is 83.0 Å². The van der Waals surface area contributed by atoms with Crippen LogP contribution >= 0.6 is 23.4 Å². The number of hydrazone groups is 1. The molecule has 206 valence electrons. The number of nitrogens with zero attached hydrogens (tertiary/aromatic N) is 4. The van der Waals surface area contributed by atoms with Crippen LogP contribution in [0.5, 0.6) is 5.75 Å². The fraction of sp³-hybridized carbons (Fsp3) is 0.188. The van der Waals surface area contributed by atoms with Crippen molar-refractivity contribution < 1.29 is 9.53 Å². The average Bonchev–Trinajstić information content (AvgIpc) is 3.57. The average molecular weight is 582 g/mol. The Hall–Kier alpha value is -4.14. The second kappa shape index (κ2) is 11.4. The van der Waals surface area contributed by atoms with Crippen molar-refractivity contribution in [3.8, 4) is 5.75 Å². The normalized spacial score (nSPS) is 16.7. The lowest BCUT2D eigenvalue weighted by atomic mass is 9.99. The van der Waals surface area contributed by atoms with Gasteiger partial charge >= 0.3 is 0 Å². The van der Waals surface area contributed by atoms with Crippen LogP contribution in [-0.2, 0) is 11.3 Å². The van der Waals surface area contributed by atoms with Gasteiger partial charge in [0.15, 0.2) is 5.84 Å². The van der Waals surface area contributed by atoms with Gasteiger partial charge in [-0.3, -0.25) is 10.2 Å². The maximum atomic E-state index is 13.1. The van der Waals surface area contributed by atoms with Gasteiger partial charge in [0.25, 0.3) is 5.91 Å². The molecule has 1 unspecified atom stereocenters. The van der Waals surface area contributed by atoms with Gasteiger partial charge in [-0.2, -0.15) is 15.1 Å². The van der Waals surface area contributed by atoms with Crippen LogP contribution in [0, 0.1) is 5.41 Å². The lowest BCUT2D eigenvalue weighted by molar-refractivity contribution is -0.114. The molecule has 9 heteroatoms. The highest BCUT2D eigenvalue weighted by atomic mass is 35.5. The molecule has 0 bridgehead atoms. The third-order valence-electron chi connectivity index (χ3n) is 7.34. The monoisotopic (exact) mass is 581 g/mol. The lowest BCUT2D eigenvalue weighted by Gasteiger charge is -2.20. The van der Waals surface area contributed by atoms with E-state index < -0.39 is 5.91 Å². The molecule has 0 saturated heterocycles. The van der Waals surface area contributed by atoms with E-state index in [1.165, 1.54) is 22.3 Å². The van der Waals surface area contributed by atoms with Crippen LogP contribution in [0.3, 0.4) is 0 Å². The number of fused-ring (bicyclic) bond motifs is 2. The first-order valence-corrected chi connectivity index (χ1v) is 14.7. The Morgan fingerprint density at radius 2 is 1.83 bits per heavy atom. The molecular weight excluding hydrogens is 554 g/mol. The Kier molecular flexibility index (Phi) is 7.51. The molecule has 4 aromatic rings. The predicted molar refractivity (Wildman–Crippen MR) is 168 cm³/mol. The summed E-state index contributed by atoms with van der Waals surface area (Å²) in [6.07, 6.45) is 4.82. The van der Waals surface area contributed by atoms with Gasteiger partial charge < -0.3 is 9.30 Å². The first kappa shape index (κ1) is 27.1. The second-order valence-electron chi connectivity index (χ2n) is 9.93. The molecule has 1 atom stereocenters. The Labute approximate surface area is 247 Å². The minimum Gasteiger partial charge on any atom is -0.492 e. The minimum atomic E-state index is -0.467. The summed E-state index contributed by atoms with van der Waals surface area (Å²) in [4.78, 5) is 17.3. The zero-order chi connectivity index (χ0) is 28.5. The van der Waals surface area contributed by atoms with Crippen molar-refractivity contribution in [2.75, 3.05) is 6.61 Å². The molecule has 1 amide bonds. The number of hydrogen-bond acceptors (Lipinski definition) is 5. The number of carbonyl (C=O) groups is 1. The molecule has 0 radical (unpaired) electrons. The van der Waals surface area contributed by atoms with Gasteiger partial charge in [0.2, 0.25) is 5.17 Å². The number of para-hydroxylation sites is 1. The van der Waals surface area contributed by atoms with Crippen molar-refractivity contribution in [1.82, 2.24) is 9.58 Å². The van der Waals surface area contributed by atoms with E-state index in [-0.39, 0.29) is 11.4 Å². The van der Waals surface area contributed by atoms with Gasteiger partial charge in [-0.25, -0.2) is 0 Å². The molecule has 0 spiro atoms. The zero-order valence-electron chi connectivity index (χ0n) is 22.7. The Balaban J connectivity index is 1.23. The molecule has 2 aliphatic heterocycles. The Bertz CT molecular complexity index is 1760. The third-order valence-corrected chi connectivity index (χ3v) is 8.61. The summed E-state index contributed by atoms with van der Waals surface area (Å²) in [7, 11) is 0. The molecular formula is C32H28ClN5O2S. The van der Waals surface area contributed by atoms with E-state index in [1.54, 1.807) is 12.1 Å². The van der Waals surface area contributed by atoms with Crippen molar-refractivity contribution in [1.29, 1.82) is 5.41 Å². The maximum Gasteiger partial charge on any atom is 0.283 e. The quantitative estimate of drug-likeness (QED) is 0.218. The van der Waals surface area contributed by atoms with Crippen LogP contribution in [0.1, 0.15) is 42.9 Å². The summed E-state index contributed by atoms with van der Waals surface area (Å²) >= 11 is 7.59. The number of carbonyl (C=O) groups excluding carboxylic acids is 1. The van der Waals surface area contributed by atoms with E-state index in [0.717, 1.165) is 34.2 Å². The van der Waals surface area contributed by atoms with Crippen LogP contribution in [0.25, 0.3) is 17.0 Å². The number of rotatable bonds is 8. The Morgan fingerprint density at radius 3 is 2.61 bits per heavy atom. The number of ether oxygens (including phenoxy) is 1. The first-order chi connectivity index (χ1) is 19.9. The van der Waals surface area contributed by atoms with E-state index in [9.17, 15) is 4.79 Å². The largest absolute Gasteiger partial charge is 0.492 e. The number of hydrogen-bond donors (Lipinski definition) is 1. The number of thioether (sulfide) groups is 1. The summed E-state index contributed by atoms with van der Waals surface area (Å²) in [5, 5.41) is 17.2. The molecule has 0 fully saturated rings. The van der Waals surface area contributed by atoms with Crippen LogP contribution in [0.4, 0.5) is 0 Å². The van der Waals surface area contributed by atoms with E-state index in [1.807, 2.05) is 60.8 Å². The number of amides is 1. The third kappa shape index (κ3) is 5.33. The van der Waals surface area contributed by atoms with Crippen LogP contribution in [0.15, 0.2) is 94.7 Å². The molecule has 3 aromatic carbocycles. The Morgan fingerprint density at radius 1 is 1.07 bits per heavy atom. The fourth-order valence-electron chi connectivity index (χ4n) is 4.86. The first-order valence-electron chi connectivity index (χ1n) is 13.5. The van der Waals surface area contributed by atoms with Crippen LogP contribution < -0.4 is 4.74 Å². The van der Waals surface area contributed by atoms with Gasteiger partial charge in [0.1, 0.15) is 17.4 Å². The predicted octanol–water partition coefficient (Wildman–Crippen LogP) is 7.55. The number of halogens is 1. The number of aromatic nitrogens is 1. The molecule has 41 heavy (non-hydrogen) atoms. The van der Waals surface area contributed by atoms with E-state index in [4.69, 9.17) is 21.7 Å². The molecule has 0 aliphatic carbocycles. The molecule has 0 saturated carbocycles. The van der Waals surface area contributed by atoms with Crippen molar-refractivity contribution in [2.45, 2.75) is 32.7 Å². The van der Waals surface area contributed by atoms with Crippen molar-refractivity contribution in [3.05, 3.63) is 106 Å². The van der Waals surface area contributed by atoms with E-state index in [0.29, 0.717) is 34.3 Å². The van der Waals surface area contributed by atoms with Gasteiger partial charge in [-0.15, -0.1) is 0 Å². The van der Waals surface area contributed by atoms with Crippen LogP contribution in [0.2, 0.25) is 5.02 Å². The highest BCUT2D eigenvalue weighted by Crippen LogP contribution is 2.34. The van der Waals surface area contributed by atoms with Gasteiger partial charge in [-0.1, -0.05) is 74.0 Å². The molecule has 2 aliphatic rings. The van der Waals surface area contributed by atoms with Crippen molar-refractivity contribution in [3.63, 3.8) is 0 Å². The summed E-state index contributed by atoms with van der Waals surface area (Å²) in [5.74, 6) is 0.880.